The van der Waals surface area contributed by atoms with Gasteiger partial charge in [0.2, 0.25) is 0 Å². The van der Waals surface area contributed by atoms with Crippen molar-refractivity contribution in [2.75, 3.05) is 19.8 Å². The predicted octanol–water partition coefficient (Wildman–Crippen LogP) is 2.42. The topological polar surface area (TPSA) is 27.7 Å². The van der Waals surface area contributed by atoms with Crippen LogP contribution in [0, 0.1) is 0 Å². The number of halogens is 2. The van der Waals surface area contributed by atoms with Gasteiger partial charge in [0.1, 0.15) is 0 Å². The van der Waals surface area contributed by atoms with E-state index in [4.69, 9.17) is 36.5 Å². The lowest BCUT2D eigenvalue weighted by molar-refractivity contribution is 0.107. The average Bonchev–Trinajstić information content (AvgIpc) is 2.82. The highest BCUT2D eigenvalue weighted by Gasteiger charge is 2.32. The molecule has 0 bridgehead atoms. The highest BCUT2D eigenvalue weighted by molar-refractivity contribution is 6.36. The fourth-order valence-electron chi connectivity index (χ4n) is 0.689. The van der Waals surface area contributed by atoms with E-state index in [1.165, 1.54) is 0 Å². The van der Waals surface area contributed by atoms with E-state index in [1.807, 2.05) is 20.8 Å². The van der Waals surface area contributed by atoms with Crippen LogP contribution in [-0.2, 0) is 13.3 Å². The van der Waals surface area contributed by atoms with E-state index in [0.29, 0.717) is 19.8 Å². The van der Waals surface area contributed by atoms with Gasteiger partial charge in [0.15, 0.2) is 0 Å². The molecule has 1 aliphatic carbocycles. The molecule has 0 N–H and O–H groups in total. The quantitative estimate of drug-likeness (QED) is 0.550. The van der Waals surface area contributed by atoms with Crippen LogP contribution in [0.2, 0.25) is 0 Å². The molecule has 1 rings (SSSR count). The van der Waals surface area contributed by atoms with Crippen LogP contribution < -0.4 is 0 Å². The van der Waals surface area contributed by atoms with Crippen molar-refractivity contribution >= 4 is 32.7 Å². The van der Waals surface area contributed by atoms with Crippen molar-refractivity contribution in [2.24, 2.45) is 0 Å². The molecule has 3 nitrogen and oxygen atoms in total. The van der Waals surface area contributed by atoms with Gasteiger partial charge in [-0.3, -0.25) is 0 Å². The van der Waals surface area contributed by atoms with Crippen molar-refractivity contribution in [3.63, 3.8) is 0 Å². The second kappa shape index (κ2) is 9.87. The van der Waals surface area contributed by atoms with Crippen LogP contribution in [0.3, 0.4) is 0 Å². The lowest BCUT2D eigenvalue weighted by atomic mass is 10.9. The maximum Gasteiger partial charge on any atom is 0.484 e. The SMILES string of the molecule is CCO[SiH](OCC)OCC.ClC1CC1Cl. The lowest BCUT2D eigenvalue weighted by Crippen LogP contribution is -2.27. The number of hydrogen-bond acceptors (Lipinski definition) is 3. The minimum Gasteiger partial charge on any atom is -0.376 e. The number of hydrogen-bond donors (Lipinski definition) is 0. The van der Waals surface area contributed by atoms with E-state index in [9.17, 15) is 0 Å². The van der Waals surface area contributed by atoms with Gasteiger partial charge in [-0.25, -0.2) is 0 Å². The zero-order chi connectivity index (χ0) is 11.7. The second-order valence-electron chi connectivity index (χ2n) is 2.92. The summed E-state index contributed by atoms with van der Waals surface area (Å²) in [6.07, 6.45) is 1.00. The summed E-state index contributed by atoms with van der Waals surface area (Å²) >= 11 is 10.8. The van der Waals surface area contributed by atoms with Gasteiger partial charge in [-0.05, 0) is 27.2 Å². The largest absolute Gasteiger partial charge is 0.484 e. The molecule has 2 atom stereocenters. The molecule has 1 saturated carbocycles. The Hall–Kier alpha value is 0.677. The number of alkyl halides is 2. The summed E-state index contributed by atoms with van der Waals surface area (Å²) in [5, 5.41) is 0.577. The van der Waals surface area contributed by atoms with Gasteiger partial charge in [-0.2, -0.15) is 0 Å². The maximum atomic E-state index is 5.40. The van der Waals surface area contributed by atoms with Gasteiger partial charge < -0.3 is 13.3 Å². The lowest BCUT2D eigenvalue weighted by Gasteiger charge is -2.12. The van der Waals surface area contributed by atoms with Crippen molar-refractivity contribution in [2.45, 2.75) is 37.9 Å². The minimum absolute atomic E-state index is 0.289. The predicted molar refractivity (Wildman–Crippen MR) is 65.9 cm³/mol. The highest BCUT2D eigenvalue weighted by Crippen LogP contribution is 2.33. The molecule has 0 saturated heterocycles. The Kier molecular flexibility index (Phi) is 10.3. The van der Waals surface area contributed by atoms with Crippen molar-refractivity contribution in [1.82, 2.24) is 0 Å². The van der Waals surface area contributed by atoms with Crippen molar-refractivity contribution < 1.29 is 13.3 Å². The van der Waals surface area contributed by atoms with Gasteiger partial charge in [0.05, 0.1) is 10.8 Å². The molecule has 0 aliphatic heterocycles. The van der Waals surface area contributed by atoms with Crippen LogP contribution in [0.15, 0.2) is 0 Å². The Balaban J connectivity index is 0.000000322. The molecule has 15 heavy (non-hydrogen) atoms. The van der Waals surface area contributed by atoms with Crippen LogP contribution in [0.4, 0.5) is 0 Å². The molecular formula is C9H20Cl2O3Si. The maximum absolute atomic E-state index is 5.40. The first kappa shape index (κ1) is 15.7. The number of rotatable bonds is 6. The third kappa shape index (κ3) is 9.60. The molecule has 0 aromatic heterocycles. The van der Waals surface area contributed by atoms with Crippen LogP contribution in [0.1, 0.15) is 27.2 Å². The van der Waals surface area contributed by atoms with Crippen molar-refractivity contribution in [3.8, 4) is 0 Å². The summed E-state index contributed by atoms with van der Waals surface area (Å²) in [6, 6.07) is 0. The first-order valence-electron chi connectivity index (χ1n) is 5.28. The molecule has 92 valence electrons. The van der Waals surface area contributed by atoms with Crippen LogP contribution in [-0.4, -0.2) is 40.1 Å². The zero-order valence-corrected chi connectivity index (χ0v) is 12.2. The van der Waals surface area contributed by atoms with E-state index in [-0.39, 0.29) is 10.8 Å². The zero-order valence-electron chi connectivity index (χ0n) is 9.54. The summed E-state index contributed by atoms with van der Waals surface area (Å²) < 4.78 is 15.7. The molecule has 1 fully saturated rings. The van der Waals surface area contributed by atoms with Gasteiger partial charge >= 0.3 is 9.53 Å². The van der Waals surface area contributed by atoms with Gasteiger partial charge in [-0.15, -0.1) is 23.2 Å². The summed E-state index contributed by atoms with van der Waals surface area (Å²) in [6.45, 7) is 7.86. The fourth-order valence-corrected chi connectivity index (χ4v) is 2.27. The Morgan fingerprint density at radius 3 is 1.33 bits per heavy atom. The van der Waals surface area contributed by atoms with Crippen LogP contribution >= 0.6 is 23.2 Å². The molecule has 0 heterocycles. The van der Waals surface area contributed by atoms with Gasteiger partial charge in [0, 0.05) is 19.8 Å². The Morgan fingerprint density at radius 2 is 1.20 bits per heavy atom. The Labute approximate surface area is 104 Å². The highest BCUT2D eigenvalue weighted by atomic mass is 35.5. The molecule has 0 amide bonds. The summed E-state index contributed by atoms with van der Waals surface area (Å²) in [7, 11) is -1.73. The van der Waals surface area contributed by atoms with E-state index < -0.39 is 9.53 Å². The van der Waals surface area contributed by atoms with E-state index in [0.717, 1.165) is 6.42 Å². The Bertz CT molecular complexity index is 131. The fraction of sp³-hybridized carbons (Fsp3) is 1.00. The first-order chi connectivity index (χ1) is 7.15. The van der Waals surface area contributed by atoms with E-state index in [2.05, 4.69) is 0 Å². The first-order valence-corrected chi connectivity index (χ1v) is 7.57. The van der Waals surface area contributed by atoms with Gasteiger partial charge in [0.25, 0.3) is 0 Å². The second-order valence-corrected chi connectivity index (χ2v) is 5.62. The van der Waals surface area contributed by atoms with Crippen LogP contribution in [0.5, 0.6) is 0 Å². The van der Waals surface area contributed by atoms with Crippen LogP contribution in [0.25, 0.3) is 0 Å². The molecular weight excluding hydrogens is 255 g/mol. The van der Waals surface area contributed by atoms with E-state index >= 15 is 0 Å². The monoisotopic (exact) mass is 274 g/mol. The molecule has 0 aromatic carbocycles. The molecule has 2 unspecified atom stereocenters. The smallest absolute Gasteiger partial charge is 0.376 e. The molecule has 6 heteroatoms. The normalized spacial score (nSPS) is 23.6. The van der Waals surface area contributed by atoms with Gasteiger partial charge in [-0.1, -0.05) is 0 Å². The third-order valence-corrected chi connectivity index (χ3v) is 4.46. The molecule has 0 aromatic rings. The summed E-state index contributed by atoms with van der Waals surface area (Å²) in [4.78, 5) is 0. The summed E-state index contributed by atoms with van der Waals surface area (Å²) in [5.74, 6) is 0. The third-order valence-electron chi connectivity index (χ3n) is 1.55. The van der Waals surface area contributed by atoms with E-state index in [1.54, 1.807) is 0 Å². The van der Waals surface area contributed by atoms with Crippen molar-refractivity contribution in [1.29, 1.82) is 0 Å². The molecule has 0 spiro atoms. The standard InChI is InChI=1S/C6H16O3Si.C3H4Cl2/c1-4-7-10(8-5-2)9-6-3;4-2-1-3(2)5/h10H,4-6H2,1-3H3;2-3H,1H2. The molecule has 0 radical (unpaired) electrons. The molecule has 1 aliphatic rings. The average molecular weight is 275 g/mol. The van der Waals surface area contributed by atoms with Crippen molar-refractivity contribution in [3.05, 3.63) is 0 Å². The Morgan fingerprint density at radius 1 is 0.933 bits per heavy atom. The minimum atomic E-state index is -1.73. The summed E-state index contributed by atoms with van der Waals surface area (Å²) in [5.41, 5.74) is 0.